The van der Waals surface area contributed by atoms with Crippen molar-refractivity contribution in [3.8, 4) is 0 Å². The van der Waals surface area contributed by atoms with Crippen molar-refractivity contribution in [2.24, 2.45) is 4.99 Å². The fourth-order valence-corrected chi connectivity index (χ4v) is 4.06. The van der Waals surface area contributed by atoms with Crippen LogP contribution >= 0.6 is 23.1 Å². The van der Waals surface area contributed by atoms with Crippen LogP contribution in [-0.4, -0.2) is 17.0 Å². The van der Waals surface area contributed by atoms with E-state index in [0.29, 0.717) is 12.1 Å². The van der Waals surface area contributed by atoms with Gasteiger partial charge in [0.25, 0.3) is 0 Å². The summed E-state index contributed by atoms with van der Waals surface area (Å²) in [6, 6.07) is 13.5. The molecule has 0 fully saturated rings. The molecule has 1 aromatic carbocycles. The maximum Gasteiger partial charge on any atom is 0.157 e. The summed E-state index contributed by atoms with van der Waals surface area (Å²) < 4.78 is 0. The van der Waals surface area contributed by atoms with E-state index in [4.69, 9.17) is 4.99 Å². The van der Waals surface area contributed by atoms with Crippen LogP contribution in [0.15, 0.2) is 52.2 Å². The Morgan fingerprint density at radius 2 is 2.15 bits per heavy atom. The molecule has 0 saturated heterocycles. The molecule has 104 valence electrons. The van der Waals surface area contributed by atoms with E-state index in [9.17, 15) is 0 Å². The third-order valence-corrected chi connectivity index (χ3v) is 5.16. The number of benzene rings is 1. The van der Waals surface area contributed by atoms with Gasteiger partial charge >= 0.3 is 0 Å². The van der Waals surface area contributed by atoms with Crippen molar-refractivity contribution in [3.63, 3.8) is 0 Å². The molecule has 3 rings (SSSR count). The van der Waals surface area contributed by atoms with Crippen molar-refractivity contribution in [2.75, 3.05) is 5.75 Å². The van der Waals surface area contributed by atoms with Crippen molar-refractivity contribution in [2.45, 2.75) is 25.4 Å². The molecule has 4 heteroatoms. The van der Waals surface area contributed by atoms with Crippen molar-refractivity contribution in [3.05, 3.63) is 58.3 Å². The van der Waals surface area contributed by atoms with E-state index in [-0.39, 0.29) is 0 Å². The average molecular weight is 302 g/mol. The Morgan fingerprint density at radius 3 is 2.90 bits per heavy atom. The van der Waals surface area contributed by atoms with Gasteiger partial charge in [-0.05, 0) is 41.3 Å². The summed E-state index contributed by atoms with van der Waals surface area (Å²) >= 11 is 3.58. The van der Waals surface area contributed by atoms with E-state index in [1.54, 1.807) is 11.3 Å². The van der Waals surface area contributed by atoms with Gasteiger partial charge in [0.1, 0.15) is 0 Å². The predicted octanol–water partition coefficient (Wildman–Crippen LogP) is 4.11. The molecule has 1 aliphatic heterocycles. The first kappa shape index (κ1) is 13.7. The molecule has 1 N–H and O–H groups in total. The third kappa shape index (κ3) is 3.44. The Hall–Kier alpha value is -1.26. The first-order valence-electron chi connectivity index (χ1n) is 6.84. The fourth-order valence-electron chi connectivity index (χ4n) is 2.28. The van der Waals surface area contributed by atoms with Gasteiger partial charge in [0.05, 0.1) is 12.1 Å². The second kappa shape index (κ2) is 6.46. The SMILES string of the molecule is CC(NC1=NC(Cc2ccccc2)CS1)c1ccsc1. The predicted molar refractivity (Wildman–Crippen MR) is 89.7 cm³/mol. The van der Waals surface area contributed by atoms with Crippen LogP contribution in [-0.2, 0) is 6.42 Å². The van der Waals surface area contributed by atoms with Crippen LogP contribution < -0.4 is 5.32 Å². The van der Waals surface area contributed by atoms with Crippen molar-refractivity contribution in [1.82, 2.24) is 5.32 Å². The zero-order chi connectivity index (χ0) is 13.8. The number of thiophene rings is 1. The Bertz CT molecular complexity index is 563. The largest absolute Gasteiger partial charge is 0.358 e. The Kier molecular flexibility index (Phi) is 4.43. The van der Waals surface area contributed by atoms with Gasteiger partial charge in [-0.3, -0.25) is 4.99 Å². The Balaban J connectivity index is 1.58. The summed E-state index contributed by atoms with van der Waals surface area (Å²) in [6.07, 6.45) is 1.03. The first-order valence-corrected chi connectivity index (χ1v) is 8.77. The molecule has 2 atom stereocenters. The third-order valence-electron chi connectivity index (χ3n) is 3.41. The highest BCUT2D eigenvalue weighted by molar-refractivity contribution is 8.14. The van der Waals surface area contributed by atoms with E-state index >= 15 is 0 Å². The molecule has 1 aliphatic rings. The van der Waals surface area contributed by atoms with Gasteiger partial charge in [-0.25, -0.2) is 0 Å². The number of nitrogens with one attached hydrogen (secondary N) is 1. The molecule has 0 radical (unpaired) electrons. The van der Waals surface area contributed by atoms with Gasteiger partial charge in [0.15, 0.2) is 5.17 Å². The highest BCUT2D eigenvalue weighted by Gasteiger charge is 2.20. The summed E-state index contributed by atoms with van der Waals surface area (Å²) in [5.41, 5.74) is 2.71. The molecular formula is C16H18N2S2. The summed E-state index contributed by atoms with van der Waals surface area (Å²) in [5, 5.41) is 8.92. The van der Waals surface area contributed by atoms with Crippen LogP contribution in [0.25, 0.3) is 0 Å². The molecule has 0 amide bonds. The van der Waals surface area contributed by atoms with E-state index in [1.807, 2.05) is 11.8 Å². The van der Waals surface area contributed by atoms with Gasteiger partial charge in [0, 0.05) is 5.75 Å². The molecule has 20 heavy (non-hydrogen) atoms. The van der Waals surface area contributed by atoms with Gasteiger partial charge in [-0.15, -0.1) is 0 Å². The van der Waals surface area contributed by atoms with Gasteiger partial charge < -0.3 is 5.32 Å². The lowest BCUT2D eigenvalue weighted by atomic mass is 10.1. The molecule has 0 saturated carbocycles. The standard InChI is InChI=1S/C16H18N2S2/c1-12(14-7-8-19-10-14)17-16-18-15(11-20-16)9-13-5-3-2-4-6-13/h2-8,10,12,15H,9,11H2,1H3,(H,17,18). The van der Waals surface area contributed by atoms with Crippen molar-refractivity contribution in [1.29, 1.82) is 0 Å². The van der Waals surface area contributed by atoms with Crippen LogP contribution in [0.3, 0.4) is 0 Å². The van der Waals surface area contributed by atoms with Gasteiger partial charge in [0.2, 0.25) is 0 Å². The highest BCUT2D eigenvalue weighted by atomic mass is 32.2. The zero-order valence-electron chi connectivity index (χ0n) is 11.5. The monoisotopic (exact) mass is 302 g/mol. The van der Waals surface area contributed by atoms with Gasteiger partial charge in [-0.1, -0.05) is 42.1 Å². The number of aliphatic imine (C=N–C) groups is 1. The number of hydrogen-bond donors (Lipinski definition) is 1. The molecule has 1 aromatic heterocycles. The number of nitrogens with zero attached hydrogens (tertiary/aromatic N) is 1. The zero-order valence-corrected chi connectivity index (χ0v) is 13.1. The van der Waals surface area contributed by atoms with Gasteiger partial charge in [-0.2, -0.15) is 11.3 Å². The average Bonchev–Trinajstić information content (AvgIpc) is 3.11. The second-order valence-electron chi connectivity index (χ2n) is 5.01. The molecular weight excluding hydrogens is 284 g/mol. The van der Waals surface area contributed by atoms with E-state index < -0.39 is 0 Å². The number of rotatable bonds is 4. The number of hydrogen-bond acceptors (Lipinski definition) is 4. The normalized spacial score (nSPS) is 19.6. The van der Waals surface area contributed by atoms with E-state index in [2.05, 4.69) is 59.4 Å². The smallest absolute Gasteiger partial charge is 0.157 e. The van der Waals surface area contributed by atoms with Crippen LogP contribution in [0.5, 0.6) is 0 Å². The van der Waals surface area contributed by atoms with Crippen LogP contribution in [0.2, 0.25) is 0 Å². The van der Waals surface area contributed by atoms with E-state index in [1.165, 1.54) is 11.1 Å². The topological polar surface area (TPSA) is 24.4 Å². The second-order valence-corrected chi connectivity index (χ2v) is 6.80. The minimum Gasteiger partial charge on any atom is -0.358 e. The lowest BCUT2D eigenvalue weighted by Gasteiger charge is -2.12. The molecule has 2 heterocycles. The Morgan fingerprint density at radius 1 is 1.30 bits per heavy atom. The van der Waals surface area contributed by atoms with Crippen LogP contribution in [0.4, 0.5) is 0 Å². The molecule has 2 nitrogen and oxygen atoms in total. The summed E-state index contributed by atoms with van der Waals surface area (Å²) in [6.45, 7) is 2.19. The maximum absolute atomic E-state index is 4.81. The summed E-state index contributed by atoms with van der Waals surface area (Å²) in [5.74, 6) is 1.08. The highest BCUT2D eigenvalue weighted by Crippen LogP contribution is 2.23. The molecule has 2 unspecified atom stereocenters. The summed E-state index contributed by atoms with van der Waals surface area (Å²) in [7, 11) is 0. The van der Waals surface area contributed by atoms with Crippen molar-refractivity contribution < 1.29 is 0 Å². The molecule has 0 bridgehead atoms. The minimum absolute atomic E-state index is 0.336. The number of thioether (sulfide) groups is 1. The molecule has 0 aliphatic carbocycles. The molecule has 2 aromatic rings. The lowest BCUT2D eigenvalue weighted by molar-refractivity contribution is 0.711. The van der Waals surface area contributed by atoms with Crippen LogP contribution in [0, 0.1) is 0 Å². The first-order chi connectivity index (χ1) is 9.81. The molecule has 0 spiro atoms. The van der Waals surface area contributed by atoms with Crippen LogP contribution in [0.1, 0.15) is 24.1 Å². The van der Waals surface area contributed by atoms with E-state index in [0.717, 1.165) is 17.3 Å². The Labute approximate surface area is 128 Å². The fraction of sp³-hybridized carbons (Fsp3) is 0.312. The lowest BCUT2D eigenvalue weighted by Crippen LogP contribution is -2.22. The van der Waals surface area contributed by atoms with Crippen molar-refractivity contribution >= 4 is 28.3 Å². The minimum atomic E-state index is 0.336. The quantitative estimate of drug-likeness (QED) is 0.919. The number of amidine groups is 1. The summed E-state index contributed by atoms with van der Waals surface area (Å²) in [4.78, 5) is 4.81. The maximum atomic E-state index is 4.81.